The first kappa shape index (κ1) is 18.0. The van der Waals surface area contributed by atoms with Gasteiger partial charge in [0.05, 0.1) is 7.11 Å². The molecule has 0 saturated heterocycles. The molecule has 0 heterocycles. The summed E-state index contributed by atoms with van der Waals surface area (Å²) in [6, 6.07) is 8.80. The molecule has 1 atom stereocenters. The van der Waals surface area contributed by atoms with E-state index in [-0.39, 0.29) is 0 Å². The predicted molar refractivity (Wildman–Crippen MR) is 92.1 cm³/mol. The van der Waals surface area contributed by atoms with Gasteiger partial charge in [-0.15, -0.1) is 0 Å². The van der Waals surface area contributed by atoms with Crippen LogP contribution in [0.25, 0.3) is 0 Å². The van der Waals surface area contributed by atoms with Gasteiger partial charge in [-0.05, 0) is 43.9 Å². The minimum Gasteiger partial charge on any atom is -0.496 e. The van der Waals surface area contributed by atoms with Crippen LogP contribution in [-0.2, 0) is 6.42 Å². The zero-order valence-electron chi connectivity index (χ0n) is 14.3. The number of benzene rings is 1. The Kier molecular flexibility index (Phi) is 9.16. The van der Waals surface area contributed by atoms with E-state index < -0.39 is 0 Å². The third-order valence-corrected chi connectivity index (χ3v) is 3.92. The van der Waals surface area contributed by atoms with Crippen LogP contribution in [0, 0.1) is 5.92 Å². The summed E-state index contributed by atoms with van der Waals surface area (Å²) >= 11 is 0. The predicted octanol–water partition coefficient (Wildman–Crippen LogP) is 4.82. The molecule has 0 fully saturated rings. The molecular formula is C19H33NO. The van der Waals surface area contributed by atoms with Crippen LogP contribution in [0.5, 0.6) is 5.75 Å². The Morgan fingerprint density at radius 2 is 1.71 bits per heavy atom. The van der Waals surface area contributed by atoms with Crippen LogP contribution in [0.2, 0.25) is 0 Å². The van der Waals surface area contributed by atoms with Crippen molar-refractivity contribution < 1.29 is 4.74 Å². The Hall–Kier alpha value is -1.02. The highest BCUT2D eigenvalue weighted by molar-refractivity contribution is 5.33. The number of hydrogen-bond acceptors (Lipinski definition) is 2. The molecular weight excluding hydrogens is 258 g/mol. The van der Waals surface area contributed by atoms with Gasteiger partial charge in [0.25, 0.3) is 0 Å². The molecule has 1 aromatic carbocycles. The molecule has 0 aliphatic carbocycles. The van der Waals surface area contributed by atoms with Gasteiger partial charge in [-0.1, -0.05) is 57.7 Å². The van der Waals surface area contributed by atoms with Gasteiger partial charge in [-0.25, -0.2) is 0 Å². The summed E-state index contributed by atoms with van der Waals surface area (Å²) in [5.74, 6) is 1.85. The first-order chi connectivity index (χ1) is 10.1. The standard InChI is InChI=1S/C19H33NO/c1-16(2)11-7-5-6-10-14-20-17(3)15-18-12-8-9-13-19(18)21-4/h8-9,12-13,16-17,20H,5-7,10-11,14-15H2,1-4H3. The van der Waals surface area contributed by atoms with E-state index in [9.17, 15) is 0 Å². The molecule has 1 rings (SSSR count). The number of ether oxygens (including phenoxy) is 1. The Balaban J connectivity index is 2.12. The fourth-order valence-corrected chi connectivity index (χ4v) is 2.65. The molecule has 0 aliphatic rings. The second-order valence-electron chi connectivity index (χ2n) is 6.47. The van der Waals surface area contributed by atoms with E-state index in [1.165, 1.54) is 37.7 Å². The van der Waals surface area contributed by atoms with Crippen LogP contribution in [0.1, 0.15) is 58.4 Å². The van der Waals surface area contributed by atoms with Crippen molar-refractivity contribution >= 4 is 0 Å². The lowest BCUT2D eigenvalue weighted by Crippen LogP contribution is -2.29. The zero-order chi connectivity index (χ0) is 15.5. The first-order valence-electron chi connectivity index (χ1n) is 8.48. The monoisotopic (exact) mass is 291 g/mol. The second-order valence-corrected chi connectivity index (χ2v) is 6.47. The fourth-order valence-electron chi connectivity index (χ4n) is 2.65. The molecule has 1 unspecified atom stereocenters. The molecule has 0 amide bonds. The number of nitrogens with one attached hydrogen (secondary N) is 1. The summed E-state index contributed by atoms with van der Waals surface area (Å²) in [4.78, 5) is 0. The van der Waals surface area contributed by atoms with Gasteiger partial charge in [0.1, 0.15) is 5.75 Å². The van der Waals surface area contributed by atoms with Crippen LogP contribution < -0.4 is 10.1 Å². The van der Waals surface area contributed by atoms with Crippen molar-refractivity contribution in [3.63, 3.8) is 0 Å². The third kappa shape index (κ3) is 8.11. The van der Waals surface area contributed by atoms with E-state index in [0.717, 1.165) is 24.6 Å². The number of para-hydroxylation sites is 1. The molecule has 21 heavy (non-hydrogen) atoms. The molecule has 0 aliphatic heterocycles. The van der Waals surface area contributed by atoms with Gasteiger partial charge in [0.2, 0.25) is 0 Å². The van der Waals surface area contributed by atoms with E-state index in [2.05, 4.69) is 38.2 Å². The summed E-state index contributed by atoms with van der Waals surface area (Å²) in [6.07, 6.45) is 7.79. The smallest absolute Gasteiger partial charge is 0.122 e. The lowest BCUT2D eigenvalue weighted by atomic mass is 10.0. The number of unbranched alkanes of at least 4 members (excludes halogenated alkanes) is 3. The van der Waals surface area contributed by atoms with E-state index >= 15 is 0 Å². The minimum atomic E-state index is 0.497. The van der Waals surface area contributed by atoms with Crippen LogP contribution in [0.3, 0.4) is 0 Å². The van der Waals surface area contributed by atoms with E-state index in [4.69, 9.17) is 4.74 Å². The lowest BCUT2D eigenvalue weighted by molar-refractivity contribution is 0.405. The largest absolute Gasteiger partial charge is 0.496 e. The van der Waals surface area contributed by atoms with E-state index in [1.54, 1.807) is 7.11 Å². The van der Waals surface area contributed by atoms with Gasteiger partial charge < -0.3 is 10.1 Å². The maximum atomic E-state index is 5.41. The topological polar surface area (TPSA) is 21.3 Å². The number of hydrogen-bond donors (Lipinski definition) is 1. The van der Waals surface area contributed by atoms with E-state index in [0.29, 0.717) is 6.04 Å². The maximum Gasteiger partial charge on any atom is 0.122 e. The van der Waals surface area contributed by atoms with Gasteiger partial charge in [-0.3, -0.25) is 0 Å². The van der Waals surface area contributed by atoms with Crippen LogP contribution >= 0.6 is 0 Å². The Bertz CT molecular complexity index is 376. The SMILES string of the molecule is COc1ccccc1CC(C)NCCCCCCC(C)C. The first-order valence-corrected chi connectivity index (χ1v) is 8.48. The van der Waals surface area contributed by atoms with Crippen molar-refractivity contribution in [3.05, 3.63) is 29.8 Å². The molecule has 120 valence electrons. The molecule has 0 aromatic heterocycles. The van der Waals surface area contributed by atoms with E-state index in [1.807, 2.05) is 12.1 Å². The quantitative estimate of drug-likeness (QED) is 0.590. The average molecular weight is 291 g/mol. The number of rotatable bonds is 11. The lowest BCUT2D eigenvalue weighted by Gasteiger charge is -2.15. The highest BCUT2D eigenvalue weighted by Crippen LogP contribution is 2.18. The van der Waals surface area contributed by atoms with Crippen molar-refractivity contribution in [1.29, 1.82) is 0 Å². The van der Waals surface area contributed by atoms with Gasteiger partial charge >= 0.3 is 0 Å². The summed E-state index contributed by atoms with van der Waals surface area (Å²) in [6.45, 7) is 7.99. The van der Waals surface area contributed by atoms with Crippen LogP contribution in [-0.4, -0.2) is 19.7 Å². The van der Waals surface area contributed by atoms with Gasteiger partial charge in [0.15, 0.2) is 0 Å². The second kappa shape index (κ2) is 10.7. The molecule has 1 N–H and O–H groups in total. The maximum absolute atomic E-state index is 5.41. The fraction of sp³-hybridized carbons (Fsp3) is 0.684. The summed E-state index contributed by atoms with van der Waals surface area (Å²) in [5.41, 5.74) is 1.29. The Morgan fingerprint density at radius 1 is 1.00 bits per heavy atom. The van der Waals surface area contributed by atoms with Crippen LogP contribution in [0.15, 0.2) is 24.3 Å². The zero-order valence-corrected chi connectivity index (χ0v) is 14.3. The highest BCUT2D eigenvalue weighted by atomic mass is 16.5. The molecule has 1 aromatic rings. The van der Waals surface area contributed by atoms with Crippen molar-refractivity contribution in [1.82, 2.24) is 5.32 Å². The van der Waals surface area contributed by atoms with Gasteiger partial charge in [0, 0.05) is 6.04 Å². The van der Waals surface area contributed by atoms with Crippen molar-refractivity contribution in [2.45, 2.75) is 65.3 Å². The summed E-state index contributed by atoms with van der Waals surface area (Å²) in [5, 5.41) is 3.63. The van der Waals surface area contributed by atoms with Crippen molar-refractivity contribution in [2.75, 3.05) is 13.7 Å². The molecule has 2 heteroatoms. The highest BCUT2D eigenvalue weighted by Gasteiger charge is 2.07. The molecule has 0 saturated carbocycles. The summed E-state index contributed by atoms with van der Waals surface area (Å²) in [7, 11) is 1.74. The molecule has 0 bridgehead atoms. The Morgan fingerprint density at radius 3 is 2.43 bits per heavy atom. The molecule has 0 radical (unpaired) electrons. The van der Waals surface area contributed by atoms with Crippen molar-refractivity contribution in [2.24, 2.45) is 5.92 Å². The summed E-state index contributed by atoms with van der Waals surface area (Å²) < 4.78 is 5.41. The van der Waals surface area contributed by atoms with Crippen molar-refractivity contribution in [3.8, 4) is 5.75 Å². The molecule has 0 spiro atoms. The number of methoxy groups -OCH3 is 1. The Labute approximate surface area is 131 Å². The minimum absolute atomic E-state index is 0.497. The van der Waals surface area contributed by atoms with Crippen LogP contribution in [0.4, 0.5) is 0 Å². The molecule has 2 nitrogen and oxygen atoms in total. The normalized spacial score (nSPS) is 12.6. The van der Waals surface area contributed by atoms with Gasteiger partial charge in [-0.2, -0.15) is 0 Å². The average Bonchev–Trinajstić information content (AvgIpc) is 2.46. The third-order valence-electron chi connectivity index (χ3n) is 3.92.